The molecule has 1 aliphatic rings. The molecule has 0 saturated carbocycles. The van der Waals surface area contributed by atoms with Gasteiger partial charge >= 0.3 is 0 Å². The van der Waals surface area contributed by atoms with Crippen LogP contribution in [0.1, 0.15) is 29.7 Å². The number of likely N-dealkylation sites (tertiary alicyclic amines) is 1. The molecule has 0 spiro atoms. The Morgan fingerprint density at radius 3 is 3.04 bits per heavy atom. The van der Waals surface area contributed by atoms with Crippen LogP contribution < -0.4 is 10.1 Å². The first kappa shape index (κ1) is 16.6. The van der Waals surface area contributed by atoms with Crippen molar-refractivity contribution in [3.63, 3.8) is 0 Å². The van der Waals surface area contributed by atoms with Crippen molar-refractivity contribution in [2.45, 2.75) is 38.9 Å². The number of amides is 1. The number of benzene rings is 1. The van der Waals surface area contributed by atoms with Crippen LogP contribution >= 0.6 is 0 Å². The molecule has 1 fully saturated rings. The highest BCUT2D eigenvalue weighted by Crippen LogP contribution is 2.26. The molecule has 1 atom stereocenters. The molecule has 2 aromatic rings. The molecule has 5 heteroatoms. The summed E-state index contributed by atoms with van der Waals surface area (Å²) in [4.78, 5) is 14.8. The van der Waals surface area contributed by atoms with Gasteiger partial charge in [0, 0.05) is 12.1 Å². The summed E-state index contributed by atoms with van der Waals surface area (Å²) >= 11 is 0. The van der Waals surface area contributed by atoms with Crippen molar-refractivity contribution >= 4 is 5.91 Å². The third kappa shape index (κ3) is 3.79. The van der Waals surface area contributed by atoms with E-state index in [9.17, 15) is 4.79 Å². The quantitative estimate of drug-likeness (QED) is 0.886. The number of carbonyl (C=O) groups is 1. The molecule has 0 bridgehead atoms. The van der Waals surface area contributed by atoms with Crippen LogP contribution in [-0.4, -0.2) is 30.5 Å². The number of aryl methyl sites for hydroxylation is 1. The zero-order valence-corrected chi connectivity index (χ0v) is 14.2. The first-order valence-corrected chi connectivity index (χ1v) is 8.35. The Hall–Kier alpha value is -2.27. The SMILES string of the molecule is COc1ccc(C)cc1CN1CCC[C@@H]1C(=O)NCc1ccco1. The van der Waals surface area contributed by atoms with Crippen molar-refractivity contribution in [2.75, 3.05) is 13.7 Å². The normalized spacial score (nSPS) is 17.8. The molecule has 2 heterocycles. The second-order valence-corrected chi connectivity index (χ2v) is 6.24. The standard InChI is InChI=1S/C19H24N2O3/c1-14-7-8-18(23-2)15(11-14)13-21-9-3-6-17(21)19(22)20-12-16-5-4-10-24-16/h4-5,7-8,10-11,17H,3,6,9,12-13H2,1-2H3,(H,20,22)/t17-/m1/s1. The molecular weight excluding hydrogens is 304 g/mol. The van der Waals surface area contributed by atoms with Gasteiger partial charge in [-0.2, -0.15) is 0 Å². The van der Waals surface area contributed by atoms with Crippen LogP contribution in [0, 0.1) is 6.92 Å². The molecule has 0 aliphatic carbocycles. The molecule has 1 aromatic carbocycles. The van der Waals surface area contributed by atoms with Crippen LogP contribution in [0.5, 0.6) is 5.75 Å². The summed E-state index contributed by atoms with van der Waals surface area (Å²) in [6.45, 7) is 4.16. The second kappa shape index (κ2) is 7.53. The van der Waals surface area contributed by atoms with Crippen molar-refractivity contribution in [2.24, 2.45) is 0 Å². The number of methoxy groups -OCH3 is 1. The van der Waals surface area contributed by atoms with Crippen LogP contribution in [0.4, 0.5) is 0 Å². The molecule has 3 rings (SSSR count). The lowest BCUT2D eigenvalue weighted by atomic mass is 10.1. The van der Waals surface area contributed by atoms with E-state index in [1.807, 2.05) is 24.3 Å². The highest BCUT2D eigenvalue weighted by atomic mass is 16.5. The fraction of sp³-hybridized carbons (Fsp3) is 0.421. The Kier molecular flexibility index (Phi) is 5.20. The summed E-state index contributed by atoms with van der Waals surface area (Å²) in [5.74, 6) is 1.71. The number of furan rings is 1. The van der Waals surface area contributed by atoms with Crippen LogP contribution in [0.2, 0.25) is 0 Å². The lowest BCUT2D eigenvalue weighted by molar-refractivity contribution is -0.125. The van der Waals surface area contributed by atoms with E-state index in [1.54, 1.807) is 13.4 Å². The average Bonchev–Trinajstić information content (AvgIpc) is 3.24. The van der Waals surface area contributed by atoms with Crippen LogP contribution in [0.25, 0.3) is 0 Å². The predicted octanol–water partition coefficient (Wildman–Crippen LogP) is 2.88. The van der Waals surface area contributed by atoms with E-state index in [4.69, 9.17) is 9.15 Å². The summed E-state index contributed by atoms with van der Waals surface area (Å²) in [6.07, 6.45) is 3.54. The summed E-state index contributed by atoms with van der Waals surface area (Å²) in [5, 5.41) is 2.98. The first-order chi connectivity index (χ1) is 11.7. The molecule has 1 amide bonds. The summed E-state index contributed by atoms with van der Waals surface area (Å²) < 4.78 is 10.7. The van der Waals surface area contributed by atoms with Crippen LogP contribution in [0.3, 0.4) is 0 Å². The minimum absolute atomic E-state index is 0.0653. The van der Waals surface area contributed by atoms with Gasteiger partial charge in [-0.05, 0) is 44.5 Å². The Balaban J connectivity index is 1.64. The minimum Gasteiger partial charge on any atom is -0.496 e. The van der Waals surface area contributed by atoms with Gasteiger partial charge < -0.3 is 14.5 Å². The smallest absolute Gasteiger partial charge is 0.237 e. The van der Waals surface area contributed by atoms with Gasteiger partial charge in [0.05, 0.1) is 26.0 Å². The molecule has 1 saturated heterocycles. The Morgan fingerprint density at radius 2 is 2.29 bits per heavy atom. The number of carbonyl (C=O) groups excluding carboxylic acids is 1. The number of nitrogens with zero attached hydrogens (tertiary/aromatic N) is 1. The third-order valence-electron chi connectivity index (χ3n) is 4.49. The zero-order valence-electron chi connectivity index (χ0n) is 14.2. The van der Waals surface area contributed by atoms with Gasteiger partial charge in [-0.1, -0.05) is 17.7 Å². The summed E-state index contributed by atoms with van der Waals surface area (Å²) in [7, 11) is 1.69. The first-order valence-electron chi connectivity index (χ1n) is 8.35. The van der Waals surface area contributed by atoms with Crippen molar-refractivity contribution in [1.82, 2.24) is 10.2 Å². The number of rotatable bonds is 6. The number of hydrogen-bond acceptors (Lipinski definition) is 4. The Bertz CT molecular complexity index is 682. The molecule has 0 unspecified atom stereocenters. The molecule has 1 N–H and O–H groups in total. The lowest BCUT2D eigenvalue weighted by Gasteiger charge is -2.24. The molecule has 0 radical (unpaired) electrons. The maximum absolute atomic E-state index is 12.5. The molecule has 24 heavy (non-hydrogen) atoms. The molecule has 1 aromatic heterocycles. The van der Waals surface area contributed by atoms with Gasteiger partial charge in [0.25, 0.3) is 0 Å². The maximum atomic E-state index is 12.5. The van der Waals surface area contributed by atoms with Gasteiger partial charge in [-0.3, -0.25) is 9.69 Å². The fourth-order valence-electron chi connectivity index (χ4n) is 3.27. The number of hydrogen-bond donors (Lipinski definition) is 1. The monoisotopic (exact) mass is 328 g/mol. The average molecular weight is 328 g/mol. The van der Waals surface area contributed by atoms with Crippen molar-refractivity contribution in [3.05, 3.63) is 53.5 Å². The highest BCUT2D eigenvalue weighted by molar-refractivity contribution is 5.82. The molecule has 5 nitrogen and oxygen atoms in total. The van der Waals surface area contributed by atoms with Crippen LogP contribution in [0.15, 0.2) is 41.0 Å². The second-order valence-electron chi connectivity index (χ2n) is 6.24. The fourth-order valence-corrected chi connectivity index (χ4v) is 3.27. The maximum Gasteiger partial charge on any atom is 0.237 e. The van der Waals surface area contributed by atoms with E-state index in [0.29, 0.717) is 6.54 Å². The molecule has 1 aliphatic heterocycles. The van der Waals surface area contributed by atoms with Gasteiger partial charge in [-0.25, -0.2) is 0 Å². The van der Waals surface area contributed by atoms with Crippen molar-refractivity contribution in [1.29, 1.82) is 0 Å². The van der Waals surface area contributed by atoms with E-state index in [0.717, 1.165) is 43.0 Å². The van der Waals surface area contributed by atoms with Crippen molar-refractivity contribution in [3.8, 4) is 5.75 Å². The van der Waals surface area contributed by atoms with E-state index in [2.05, 4.69) is 23.2 Å². The van der Waals surface area contributed by atoms with Crippen molar-refractivity contribution < 1.29 is 13.9 Å². The van der Waals surface area contributed by atoms with Gasteiger partial charge in [0.15, 0.2) is 0 Å². The summed E-state index contributed by atoms with van der Waals surface area (Å²) in [6, 6.07) is 9.77. The van der Waals surface area contributed by atoms with E-state index in [-0.39, 0.29) is 11.9 Å². The Labute approximate surface area is 142 Å². The summed E-state index contributed by atoms with van der Waals surface area (Å²) in [5.41, 5.74) is 2.33. The van der Waals surface area contributed by atoms with Gasteiger partial charge in [-0.15, -0.1) is 0 Å². The number of nitrogens with one attached hydrogen (secondary N) is 1. The predicted molar refractivity (Wildman–Crippen MR) is 91.7 cm³/mol. The van der Waals surface area contributed by atoms with Crippen LogP contribution in [-0.2, 0) is 17.9 Å². The van der Waals surface area contributed by atoms with E-state index in [1.165, 1.54) is 5.56 Å². The third-order valence-corrected chi connectivity index (χ3v) is 4.49. The van der Waals surface area contributed by atoms with E-state index < -0.39 is 0 Å². The number of ether oxygens (including phenoxy) is 1. The minimum atomic E-state index is -0.0924. The van der Waals surface area contributed by atoms with Gasteiger partial charge in [0.1, 0.15) is 11.5 Å². The molecule has 128 valence electrons. The largest absolute Gasteiger partial charge is 0.496 e. The molecular formula is C19H24N2O3. The highest BCUT2D eigenvalue weighted by Gasteiger charge is 2.31. The lowest BCUT2D eigenvalue weighted by Crippen LogP contribution is -2.42. The zero-order chi connectivity index (χ0) is 16.9. The Morgan fingerprint density at radius 1 is 1.42 bits per heavy atom. The topological polar surface area (TPSA) is 54.7 Å². The van der Waals surface area contributed by atoms with Gasteiger partial charge in [0.2, 0.25) is 5.91 Å². The van der Waals surface area contributed by atoms with E-state index >= 15 is 0 Å².